The van der Waals surface area contributed by atoms with Crippen molar-refractivity contribution in [3.8, 4) is 6.07 Å². The van der Waals surface area contributed by atoms with Crippen LogP contribution in [0, 0.1) is 11.3 Å². The maximum atomic E-state index is 9.19. The van der Waals surface area contributed by atoms with E-state index in [1.54, 1.807) is 0 Å². The van der Waals surface area contributed by atoms with Gasteiger partial charge in [-0.25, -0.2) is 0 Å². The van der Waals surface area contributed by atoms with Crippen molar-refractivity contribution in [2.24, 2.45) is 0 Å². The van der Waals surface area contributed by atoms with Gasteiger partial charge in [-0.05, 0) is 47.2 Å². The third-order valence-electron chi connectivity index (χ3n) is 3.67. The fraction of sp³-hybridized carbons (Fsp3) is 0.500. The molecule has 0 saturated heterocycles. The molecule has 1 aliphatic carbocycles. The van der Waals surface area contributed by atoms with Gasteiger partial charge < -0.3 is 5.32 Å². The molecule has 0 atom stereocenters. The van der Waals surface area contributed by atoms with E-state index in [0.29, 0.717) is 10.3 Å². The summed E-state index contributed by atoms with van der Waals surface area (Å²) in [5.74, 6) is 0. The summed E-state index contributed by atoms with van der Waals surface area (Å²) < 4.78 is 1.22. The Kier molecular flexibility index (Phi) is 4.58. The van der Waals surface area contributed by atoms with E-state index in [0.717, 1.165) is 16.7 Å². The summed E-state index contributed by atoms with van der Waals surface area (Å²) in [6.45, 7) is 0.944. The molecule has 0 heterocycles. The number of nitrogens with one attached hydrogen (secondary N) is 1. The van der Waals surface area contributed by atoms with Gasteiger partial charge in [-0.15, -0.1) is 0 Å². The molecule has 18 heavy (non-hydrogen) atoms. The van der Waals surface area contributed by atoms with Crippen LogP contribution in [0.3, 0.4) is 0 Å². The van der Waals surface area contributed by atoms with Gasteiger partial charge in [-0.2, -0.15) is 17.0 Å². The van der Waals surface area contributed by atoms with Crippen molar-refractivity contribution in [3.05, 3.63) is 28.2 Å². The van der Waals surface area contributed by atoms with Crippen LogP contribution in [0.1, 0.15) is 31.2 Å². The lowest BCUT2D eigenvalue weighted by atomic mass is 10.1. The molecule has 1 saturated carbocycles. The molecule has 0 amide bonds. The lowest BCUT2D eigenvalue weighted by molar-refractivity contribution is 0.640. The fourth-order valence-electron chi connectivity index (χ4n) is 2.51. The summed E-state index contributed by atoms with van der Waals surface area (Å²) >= 11 is 5.38. The quantitative estimate of drug-likeness (QED) is 0.891. The predicted octanol–water partition coefficient (Wildman–Crippen LogP) is 4.41. The number of hydrogen-bond donors (Lipinski definition) is 1. The Labute approximate surface area is 121 Å². The Hall–Kier alpha value is -0.660. The van der Waals surface area contributed by atoms with Crippen molar-refractivity contribution in [2.45, 2.75) is 30.4 Å². The van der Waals surface area contributed by atoms with Crippen LogP contribution in [-0.4, -0.2) is 17.5 Å². The number of hydrogen-bond acceptors (Lipinski definition) is 3. The van der Waals surface area contributed by atoms with Crippen molar-refractivity contribution >= 4 is 33.4 Å². The summed E-state index contributed by atoms with van der Waals surface area (Å²) in [5, 5.41) is 12.7. The van der Waals surface area contributed by atoms with Crippen molar-refractivity contribution in [3.63, 3.8) is 0 Å². The lowest BCUT2D eigenvalue weighted by Crippen LogP contribution is -2.30. The van der Waals surface area contributed by atoms with Crippen LogP contribution in [0.2, 0.25) is 0 Å². The van der Waals surface area contributed by atoms with Crippen LogP contribution in [0.4, 0.5) is 5.69 Å². The fourth-order valence-corrected chi connectivity index (χ4v) is 3.88. The number of nitriles is 1. The maximum Gasteiger partial charge on any atom is 0.103 e. The van der Waals surface area contributed by atoms with Crippen molar-refractivity contribution in [1.29, 1.82) is 5.26 Å². The second-order valence-electron chi connectivity index (χ2n) is 4.72. The van der Waals surface area contributed by atoms with Crippen LogP contribution in [-0.2, 0) is 0 Å². The van der Waals surface area contributed by atoms with E-state index in [9.17, 15) is 5.26 Å². The first-order valence-corrected chi connectivity index (χ1v) is 8.20. The zero-order valence-electron chi connectivity index (χ0n) is 10.5. The van der Waals surface area contributed by atoms with Crippen LogP contribution in [0.15, 0.2) is 22.7 Å². The third kappa shape index (κ3) is 2.84. The monoisotopic (exact) mass is 324 g/mol. The average Bonchev–Trinajstić information content (AvgIpc) is 2.86. The largest absolute Gasteiger partial charge is 0.383 e. The molecule has 96 valence electrons. The predicted molar refractivity (Wildman–Crippen MR) is 82.1 cm³/mol. The first kappa shape index (κ1) is 13.8. The summed E-state index contributed by atoms with van der Waals surface area (Å²) in [4.78, 5) is 0. The van der Waals surface area contributed by atoms with Crippen LogP contribution < -0.4 is 5.32 Å². The van der Waals surface area contributed by atoms with Gasteiger partial charge in [0.1, 0.15) is 6.07 Å². The van der Waals surface area contributed by atoms with E-state index < -0.39 is 0 Å². The van der Waals surface area contributed by atoms with E-state index in [-0.39, 0.29) is 0 Å². The number of anilines is 1. The van der Waals surface area contributed by atoms with Gasteiger partial charge in [0.25, 0.3) is 0 Å². The Morgan fingerprint density at radius 1 is 1.44 bits per heavy atom. The first-order chi connectivity index (χ1) is 8.71. The molecule has 1 aromatic carbocycles. The van der Waals surface area contributed by atoms with E-state index in [1.165, 1.54) is 25.7 Å². The average molecular weight is 325 g/mol. The van der Waals surface area contributed by atoms with Gasteiger partial charge in [-0.1, -0.05) is 18.9 Å². The molecule has 1 aromatic rings. The van der Waals surface area contributed by atoms with Gasteiger partial charge in [-0.3, -0.25) is 0 Å². The van der Waals surface area contributed by atoms with Crippen LogP contribution in [0.5, 0.6) is 0 Å². The Bertz CT molecular complexity index is 461. The molecule has 0 aliphatic heterocycles. The highest BCUT2D eigenvalue weighted by Gasteiger charge is 2.32. The van der Waals surface area contributed by atoms with Crippen molar-refractivity contribution in [2.75, 3.05) is 18.1 Å². The molecule has 2 nitrogen and oxygen atoms in total. The van der Waals surface area contributed by atoms with E-state index >= 15 is 0 Å². The molecule has 2 rings (SSSR count). The topological polar surface area (TPSA) is 35.8 Å². The standard InChI is InChI=1S/C14H17BrN2S/c1-18-14(7-2-3-8-14)10-17-13-6-4-5-12(15)11(13)9-16/h4-6,17H,2-3,7-8,10H2,1H3. The highest BCUT2D eigenvalue weighted by atomic mass is 79.9. The molecule has 1 aliphatic rings. The van der Waals surface area contributed by atoms with Gasteiger partial charge in [0, 0.05) is 15.8 Å². The van der Waals surface area contributed by atoms with Crippen molar-refractivity contribution in [1.82, 2.24) is 0 Å². The number of thioether (sulfide) groups is 1. The van der Waals surface area contributed by atoms with Crippen molar-refractivity contribution < 1.29 is 0 Å². The summed E-state index contributed by atoms with van der Waals surface area (Å²) in [6, 6.07) is 8.10. The smallest absolute Gasteiger partial charge is 0.103 e. The number of benzene rings is 1. The molecular formula is C14H17BrN2S. The third-order valence-corrected chi connectivity index (χ3v) is 5.75. The second kappa shape index (κ2) is 5.99. The zero-order valence-corrected chi connectivity index (χ0v) is 12.9. The molecule has 0 unspecified atom stereocenters. The first-order valence-electron chi connectivity index (χ1n) is 6.18. The van der Waals surface area contributed by atoms with E-state index in [2.05, 4.69) is 33.6 Å². The van der Waals surface area contributed by atoms with E-state index in [1.807, 2.05) is 30.0 Å². The zero-order chi connectivity index (χ0) is 13.0. The second-order valence-corrected chi connectivity index (χ2v) is 6.85. The van der Waals surface area contributed by atoms with Gasteiger partial charge in [0.15, 0.2) is 0 Å². The van der Waals surface area contributed by atoms with Gasteiger partial charge in [0.2, 0.25) is 0 Å². The molecule has 0 spiro atoms. The SMILES string of the molecule is CSC1(CNc2cccc(Br)c2C#N)CCCC1. The molecular weight excluding hydrogens is 308 g/mol. The highest BCUT2D eigenvalue weighted by Crippen LogP contribution is 2.40. The van der Waals surface area contributed by atoms with E-state index in [4.69, 9.17) is 0 Å². The minimum Gasteiger partial charge on any atom is -0.383 e. The van der Waals surface area contributed by atoms with Crippen LogP contribution >= 0.6 is 27.7 Å². The molecule has 1 N–H and O–H groups in total. The molecule has 0 bridgehead atoms. The van der Waals surface area contributed by atoms with Gasteiger partial charge >= 0.3 is 0 Å². The molecule has 4 heteroatoms. The molecule has 0 radical (unpaired) electrons. The molecule has 1 fully saturated rings. The number of nitrogens with zero attached hydrogens (tertiary/aromatic N) is 1. The maximum absolute atomic E-state index is 9.19. The molecule has 0 aromatic heterocycles. The normalized spacial score (nSPS) is 17.4. The van der Waals surface area contributed by atoms with Crippen LogP contribution in [0.25, 0.3) is 0 Å². The Morgan fingerprint density at radius 3 is 2.78 bits per heavy atom. The number of rotatable bonds is 4. The Balaban J connectivity index is 2.11. The minimum atomic E-state index is 0.356. The van der Waals surface area contributed by atoms with Gasteiger partial charge in [0.05, 0.1) is 11.3 Å². The highest BCUT2D eigenvalue weighted by molar-refractivity contribution is 9.10. The summed E-state index contributed by atoms with van der Waals surface area (Å²) in [6.07, 6.45) is 7.39. The minimum absolute atomic E-state index is 0.356. The lowest BCUT2D eigenvalue weighted by Gasteiger charge is -2.27. The summed E-state index contributed by atoms with van der Waals surface area (Å²) in [7, 11) is 0. The number of halogens is 1. The Morgan fingerprint density at radius 2 is 2.17 bits per heavy atom. The summed E-state index contributed by atoms with van der Waals surface area (Å²) in [5.41, 5.74) is 1.64.